The molecule has 4 aromatic rings. The third-order valence-corrected chi connectivity index (χ3v) is 5.84. The summed E-state index contributed by atoms with van der Waals surface area (Å²) >= 11 is 0. The number of nitrogens with one attached hydrogen (secondary N) is 3. The van der Waals surface area contributed by atoms with Crippen molar-refractivity contribution in [2.24, 2.45) is 10.2 Å². The molecular weight excluding hydrogens is 514 g/mol. The maximum absolute atomic E-state index is 5.73. The van der Waals surface area contributed by atoms with Gasteiger partial charge in [0.15, 0.2) is 5.82 Å². The molecule has 212 valence electrons. The van der Waals surface area contributed by atoms with Crippen LogP contribution in [0.3, 0.4) is 0 Å². The normalized spacial score (nSPS) is 11.1. The zero-order valence-corrected chi connectivity index (χ0v) is 23.6. The molecule has 0 aliphatic rings. The molecule has 3 N–H and O–H groups in total. The molecule has 0 spiro atoms. The first kappa shape index (κ1) is 29.1. The highest BCUT2D eigenvalue weighted by molar-refractivity contribution is 5.81. The maximum Gasteiger partial charge on any atom is 0.247 e. The number of anilines is 4. The Kier molecular flexibility index (Phi) is 11.5. The van der Waals surface area contributed by atoms with E-state index in [1.54, 1.807) is 18.5 Å². The molecule has 9 heteroatoms. The van der Waals surface area contributed by atoms with Crippen LogP contribution in [0.15, 0.2) is 95.1 Å². The number of hydrogen-bond donors (Lipinski definition) is 3. The summed E-state index contributed by atoms with van der Waals surface area (Å²) in [7, 11) is 0. The molecule has 0 saturated heterocycles. The number of hydrazone groups is 2. The van der Waals surface area contributed by atoms with Crippen molar-refractivity contribution in [3.63, 3.8) is 0 Å². The van der Waals surface area contributed by atoms with Gasteiger partial charge >= 0.3 is 0 Å². The van der Waals surface area contributed by atoms with Crippen LogP contribution in [0.1, 0.15) is 50.7 Å². The van der Waals surface area contributed by atoms with Gasteiger partial charge in [0.05, 0.1) is 25.6 Å². The largest absolute Gasteiger partial charge is 0.494 e. The van der Waals surface area contributed by atoms with Crippen molar-refractivity contribution in [2.75, 3.05) is 29.4 Å². The third-order valence-electron chi connectivity index (χ3n) is 5.84. The van der Waals surface area contributed by atoms with E-state index in [2.05, 4.69) is 50.2 Å². The van der Waals surface area contributed by atoms with Crippen molar-refractivity contribution in [1.82, 2.24) is 9.97 Å². The molecule has 1 heterocycles. The Bertz CT molecular complexity index is 1290. The van der Waals surface area contributed by atoms with Gasteiger partial charge in [0.1, 0.15) is 17.3 Å². The summed E-state index contributed by atoms with van der Waals surface area (Å²) in [5, 5.41) is 12.0. The lowest BCUT2D eigenvalue weighted by molar-refractivity contribution is 0.309. The molecule has 0 radical (unpaired) electrons. The fourth-order valence-corrected chi connectivity index (χ4v) is 3.59. The molecule has 0 atom stereocenters. The van der Waals surface area contributed by atoms with Gasteiger partial charge in [0.25, 0.3) is 0 Å². The van der Waals surface area contributed by atoms with E-state index in [4.69, 9.17) is 9.47 Å². The highest BCUT2D eigenvalue weighted by atomic mass is 16.5. The minimum atomic E-state index is 0.313. The summed E-state index contributed by atoms with van der Waals surface area (Å²) in [5.74, 6) is 3.10. The first-order valence-corrected chi connectivity index (χ1v) is 14.0. The van der Waals surface area contributed by atoms with Gasteiger partial charge in [0.2, 0.25) is 5.95 Å². The highest BCUT2D eigenvalue weighted by Gasteiger charge is 2.05. The van der Waals surface area contributed by atoms with Crippen LogP contribution in [0.25, 0.3) is 0 Å². The molecule has 4 rings (SSSR count). The zero-order valence-electron chi connectivity index (χ0n) is 23.6. The van der Waals surface area contributed by atoms with E-state index in [9.17, 15) is 0 Å². The van der Waals surface area contributed by atoms with Crippen LogP contribution in [-0.2, 0) is 0 Å². The predicted molar refractivity (Wildman–Crippen MR) is 168 cm³/mol. The number of hydrogen-bond acceptors (Lipinski definition) is 9. The summed E-state index contributed by atoms with van der Waals surface area (Å²) < 4.78 is 11.4. The lowest BCUT2D eigenvalue weighted by atomic mass is 10.2. The SMILES string of the molecule is CCCCOc1ccc(C=NNc2cc(Nc3ccccc3)nc(NN=Cc3ccc(OCCCC)cc3)n2)cc1. The molecule has 0 saturated carbocycles. The Morgan fingerprint density at radius 1 is 0.659 bits per heavy atom. The molecule has 0 amide bonds. The van der Waals surface area contributed by atoms with Gasteiger partial charge in [-0.3, -0.25) is 5.43 Å². The van der Waals surface area contributed by atoms with Crippen molar-refractivity contribution >= 4 is 35.7 Å². The molecule has 9 nitrogen and oxygen atoms in total. The van der Waals surface area contributed by atoms with Gasteiger partial charge in [-0.15, -0.1) is 0 Å². The smallest absolute Gasteiger partial charge is 0.247 e. The van der Waals surface area contributed by atoms with E-state index >= 15 is 0 Å². The second-order valence-electron chi connectivity index (χ2n) is 9.24. The average Bonchev–Trinajstić information content (AvgIpc) is 2.99. The molecule has 0 aliphatic heterocycles. The Labute approximate surface area is 241 Å². The van der Waals surface area contributed by atoms with Gasteiger partial charge in [-0.2, -0.15) is 20.2 Å². The number of rotatable bonds is 16. The summed E-state index contributed by atoms with van der Waals surface area (Å²) in [6.45, 7) is 5.73. The standard InChI is InChI=1S/C32H37N7O2/c1-3-5-20-40-28-16-12-25(13-17-28)23-33-38-31-22-30(35-27-10-8-7-9-11-27)36-32(37-31)39-34-24-26-14-18-29(19-15-26)41-21-6-4-2/h7-19,22-24H,3-6,20-21H2,1-2H3,(H3,35,36,37,38,39). The van der Waals surface area contributed by atoms with Crippen molar-refractivity contribution in [3.05, 3.63) is 96.1 Å². The van der Waals surface area contributed by atoms with Crippen LogP contribution < -0.4 is 25.6 Å². The van der Waals surface area contributed by atoms with Gasteiger partial charge in [-0.25, -0.2) is 5.43 Å². The second kappa shape index (κ2) is 16.2. The van der Waals surface area contributed by atoms with E-state index in [1.807, 2.05) is 78.9 Å². The Morgan fingerprint density at radius 3 is 1.76 bits per heavy atom. The highest BCUT2D eigenvalue weighted by Crippen LogP contribution is 2.19. The van der Waals surface area contributed by atoms with Crippen LogP contribution >= 0.6 is 0 Å². The third kappa shape index (κ3) is 10.3. The number of para-hydroxylation sites is 1. The minimum Gasteiger partial charge on any atom is -0.494 e. The van der Waals surface area contributed by atoms with Crippen LogP contribution in [0.4, 0.5) is 23.3 Å². The van der Waals surface area contributed by atoms with E-state index in [-0.39, 0.29) is 0 Å². The summed E-state index contributed by atoms with van der Waals surface area (Å²) in [6.07, 6.45) is 7.72. The first-order valence-electron chi connectivity index (χ1n) is 14.0. The zero-order chi connectivity index (χ0) is 28.5. The molecule has 0 unspecified atom stereocenters. The van der Waals surface area contributed by atoms with E-state index in [1.165, 1.54) is 0 Å². The van der Waals surface area contributed by atoms with Gasteiger partial charge in [-0.05, 0) is 84.6 Å². The van der Waals surface area contributed by atoms with Crippen LogP contribution in [0.5, 0.6) is 11.5 Å². The quantitative estimate of drug-likeness (QED) is 0.0753. The van der Waals surface area contributed by atoms with Crippen molar-refractivity contribution in [3.8, 4) is 11.5 Å². The van der Waals surface area contributed by atoms with Crippen LogP contribution in [0, 0.1) is 0 Å². The number of nitrogens with zero attached hydrogens (tertiary/aromatic N) is 4. The molecule has 0 bridgehead atoms. The molecule has 3 aromatic carbocycles. The number of ether oxygens (including phenoxy) is 2. The van der Waals surface area contributed by atoms with Crippen LogP contribution in [-0.4, -0.2) is 35.6 Å². The van der Waals surface area contributed by atoms with Crippen molar-refractivity contribution in [2.45, 2.75) is 39.5 Å². The molecule has 0 aliphatic carbocycles. The number of unbranched alkanes of at least 4 members (excludes halogenated alkanes) is 2. The average molecular weight is 552 g/mol. The second-order valence-corrected chi connectivity index (χ2v) is 9.24. The molecule has 0 fully saturated rings. The van der Waals surface area contributed by atoms with Crippen molar-refractivity contribution < 1.29 is 9.47 Å². The van der Waals surface area contributed by atoms with Crippen LogP contribution in [0.2, 0.25) is 0 Å². The lowest BCUT2D eigenvalue weighted by Gasteiger charge is -2.09. The van der Waals surface area contributed by atoms with Gasteiger partial charge in [0, 0.05) is 11.8 Å². The monoisotopic (exact) mass is 551 g/mol. The number of benzene rings is 3. The van der Waals surface area contributed by atoms with E-state index < -0.39 is 0 Å². The summed E-state index contributed by atoms with van der Waals surface area (Å²) in [4.78, 5) is 9.06. The van der Waals surface area contributed by atoms with Crippen molar-refractivity contribution in [1.29, 1.82) is 0 Å². The summed E-state index contributed by atoms with van der Waals surface area (Å²) in [6, 6.07) is 27.1. The van der Waals surface area contributed by atoms with Gasteiger partial charge in [-0.1, -0.05) is 44.9 Å². The number of aromatic nitrogens is 2. The van der Waals surface area contributed by atoms with E-state index in [0.29, 0.717) is 17.6 Å². The molecule has 41 heavy (non-hydrogen) atoms. The Balaban J connectivity index is 1.41. The fourth-order valence-electron chi connectivity index (χ4n) is 3.59. The predicted octanol–water partition coefficient (Wildman–Crippen LogP) is 7.47. The Hall–Kier alpha value is -4.92. The molecule has 1 aromatic heterocycles. The maximum atomic E-state index is 5.73. The topological polar surface area (TPSA) is 105 Å². The fraction of sp³-hybridized carbons (Fsp3) is 0.250. The summed E-state index contributed by atoms with van der Waals surface area (Å²) in [5.41, 5.74) is 8.67. The minimum absolute atomic E-state index is 0.313. The Morgan fingerprint density at radius 2 is 1.20 bits per heavy atom. The first-order chi connectivity index (χ1) is 20.2. The van der Waals surface area contributed by atoms with Gasteiger partial charge < -0.3 is 14.8 Å². The molecular formula is C32H37N7O2. The van der Waals surface area contributed by atoms with E-state index in [0.717, 1.165) is 67.2 Å². The lowest BCUT2D eigenvalue weighted by Crippen LogP contribution is -2.04.